The number of nitrogens with zero attached hydrogens (tertiary/aromatic N) is 1. The van der Waals surface area contributed by atoms with Crippen LogP contribution in [-0.4, -0.2) is 39.9 Å². The summed E-state index contributed by atoms with van der Waals surface area (Å²) in [5.41, 5.74) is -0.871. The van der Waals surface area contributed by atoms with Crippen molar-refractivity contribution in [3.8, 4) is 0 Å². The van der Waals surface area contributed by atoms with Crippen molar-refractivity contribution in [3.63, 3.8) is 0 Å². The average molecular weight is 285 g/mol. The lowest BCUT2D eigenvalue weighted by atomic mass is 9.90. The lowest BCUT2D eigenvalue weighted by molar-refractivity contribution is -0.102. The van der Waals surface area contributed by atoms with Crippen LogP contribution in [0.5, 0.6) is 0 Å². The van der Waals surface area contributed by atoms with Gasteiger partial charge >= 0.3 is 6.09 Å². The lowest BCUT2D eigenvalue weighted by Gasteiger charge is -2.46. The molecule has 0 radical (unpaired) electrons. The van der Waals surface area contributed by atoms with Crippen molar-refractivity contribution >= 4 is 17.4 Å². The minimum atomic E-state index is -1.05. The number of β-amino-alcohol motifs (C(OH)–C–C–N with tert-alkyl or cyclic N) is 1. The standard InChI is InChI=1S/C13H19NO4S/c1-12(2,3)18-11(16)14-7-13(17,8-14)10-9(6-15)4-5-19-10/h4-5,15,17H,6-8H2,1-3H3. The number of carbonyl (C=O) groups is 1. The fourth-order valence-corrected chi connectivity index (χ4v) is 3.05. The number of amides is 1. The number of hydrogen-bond donors (Lipinski definition) is 2. The molecule has 1 aliphatic heterocycles. The van der Waals surface area contributed by atoms with Gasteiger partial charge in [-0.2, -0.15) is 0 Å². The van der Waals surface area contributed by atoms with E-state index in [1.54, 1.807) is 26.8 Å². The third-order valence-electron chi connectivity index (χ3n) is 2.90. The molecule has 6 heteroatoms. The van der Waals surface area contributed by atoms with Crippen LogP contribution < -0.4 is 0 Å². The molecular formula is C13H19NO4S. The smallest absolute Gasteiger partial charge is 0.410 e. The zero-order valence-corrected chi connectivity index (χ0v) is 12.2. The van der Waals surface area contributed by atoms with Crippen molar-refractivity contribution in [1.82, 2.24) is 4.90 Å². The summed E-state index contributed by atoms with van der Waals surface area (Å²) in [5, 5.41) is 21.5. The topological polar surface area (TPSA) is 70.0 Å². The van der Waals surface area contributed by atoms with Gasteiger partial charge in [0.25, 0.3) is 0 Å². The van der Waals surface area contributed by atoms with E-state index in [9.17, 15) is 15.0 Å². The van der Waals surface area contributed by atoms with E-state index < -0.39 is 17.3 Å². The Kier molecular flexibility index (Phi) is 3.59. The van der Waals surface area contributed by atoms with Gasteiger partial charge in [0.15, 0.2) is 0 Å². The van der Waals surface area contributed by atoms with Crippen LogP contribution in [0.3, 0.4) is 0 Å². The van der Waals surface area contributed by atoms with E-state index in [1.165, 1.54) is 16.2 Å². The summed E-state index contributed by atoms with van der Waals surface area (Å²) >= 11 is 1.40. The fraction of sp³-hybridized carbons (Fsp3) is 0.615. The molecule has 5 nitrogen and oxygen atoms in total. The first-order valence-electron chi connectivity index (χ1n) is 6.13. The normalized spacial score (nSPS) is 18.1. The molecule has 1 aromatic heterocycles. The van der Waals surface area contributed by atoms with Gasteiger partial charge in [-0.05, 0) is 37.8 Å². The number of aliphatic hydroxyl groups is 2. The molecule has 2 heterocycles. The molecule has 106 valence electrons. The summed E-state index contributed by atoms with van der Waals surface area (Å²) in [6.07, 6.45) is -0.417. The molecule has 0 spiro atoms. The van der Waals surface area contributed by atoms with Crippen molar-refractivity contribution in [2.75, 3.05) is 13.1 Å². The maximum atomic E-state index is 11.8. The van der Waals surface area contributed by atoms with E-state index in [1.807, 2.05) is 5.38 Å². The van der Waals surface area contributed by atoms with Gasteiger partial charge in [0, 0.05) is 4.88 Å². The van der Waals surface area contributed by atoms with Gasteiger partial charge in [-0.25, -0.2) is 4.79 Å². The molecule has 1 saturated heterocycles. The molecule has 1 aromatic rings. The molecule has 0 aliphatic carbocycles. The van der Waals surface area contributed by atoms with E-state index in [2.05, 4.69) is 0 Å². The molecule has 0 saturated carbocycles. The third kappa shape index (κ3) is 2.91. The Hall–Kier alpha value is -1.11. The lowest BCUT2D eigenvalue weighted by Crippen LogP contribution is -2.61. The van der Waals surface area contributed by atoms with Gasteiger partial charge in [0.1, 0.15) is 11.2 Å². The van der Waals surface area contributed by atoms with Crippen LogP contribution in [-0.2, 0) is 16.9 Å². The summed E-state index contributed by atoms with van der Waals surface area (Å²) in [7, 11) is 0. The number of hydrogen-bond acceptors (Lipinski definition) is 5. The number of likely N-dealkylation sites (tertiary alicyclic amines) is 1. The minimum absolute atomic E-state index is 0.104. The summed E-state index contributed by atoms with van der Waals surface area (Å²) in [4.78, 5) is 14.0. The summed E-state index contributed by atoms with van der Waals surface area (Å²) in [6, 6.07) is 1.79. The van der Waals surface area contributed by atoms with Crippen LogP contribution in [0, 0.1) is 0 Å². The Labute approximate surface area is 116 Å². The summed E-state index contributed by atoms with van der Waals surface area (Å²) in [6.45, 7) is 5.72. The predicted molar refractivity (Wildman–Crippen MR) is 71.9 cm³/mol. The SMILES string of the molecule is CC(C)(C)OC(=O)N1CC(O)(c2sccc2CO)C1. The molecule has 0 bridgehead atoms. The highest BCUT2D eigenvalue weighted by Crippen LogP contribution is 2.37. The van der Waals surface area contributed by atoms with Crippen molar-refractivity contribution in [3.05, 3.63) is 21.9 Å². The van der Waals surface area contributed by atoms with Gasteiger partial charge in [-0.1, -0.05) is 0 Å². The molecule has 1 fully saturated rings. The van der Waals surface area contributed by atoms with Crippen molar-refractivity contribution in [1.29, 1.82) is 0 Å². The van der Waals surface area contributed by atoms with E-state index >= 15 is 0 Å². The maximum absolute atomic E-state index is 11.8. The third-order valence-corrected chi connectivity index (χ3v) is 4.05. The van der Waals surface area contributed by atoms with Crippen LogP contribution in [0.2, 0.25) is 0 Å². The van der Waals surface area contributed by atoms with E-state index in [-0.39, 0.29) is 19.7 Å². The van der Waals surface area contributed by atoms with Gasteiger partial charge in [0.05, 0.1) is 19.7 Å². The second-order valence-electron chi connectivity index (χ2n) is 5.80. The van der Waals surface area contributed by atoms with Gasteiger partial charge < -0.3 is 19.8 Å². The van der Waals surface area contributed by atoms with Gasteiger partial charge in [0.2, 0.25) is 0 Å². The summed E-state index contributed by atoms with van der Waals surface area (Å²) in [5.74, 6) is 0. The number of rotatable bonds is 2. The maximum Gasteiger partial charge on any atom is 0.410 e. The first-order valence-corrected chi connectivity index (χ1v) is 7.01. The second-order valence-corrected chi connectivity index (χ2v) is 6.72. The second kappa shape index (κ2) is 4.77. The van der Waals surface area contributed by atoms with Crippen LogP contribution in [0.1, 0.15) is 31.2 Å². The molecule has 0 aromatic carbocycles. The Morgan fingerprint density at radius 1 is 1.53 bits per heavy atom. The van der Waals surface area contributed by atoms with Crippen LogP contribution in [0.4, 0.5) is 4.79 Å². The first-order chi connectivity index (χ1) is 8.75. The van der Waals surface area contributed by atoms with E-state index in [0.29, 0.717) is 0 Å². The molecule has 1 amide bonds. The van der Waals surface area contributed by atoms with Crippen LogP contribution in [0.25, 0.3) is 0 Å². The number of carbonyl (C=O) groups excluding carboxylic acids is 1. The van der Waals surface area contributed by atoms with Gasteiger partial charge in [-0.15, -0.1) is 11.3 Å². The molecule has 2 rings (SSSR count). The number of ether oxygens (including phenoxy) is 1. The highest BCUT2D eigenvalue weighted by Gasteiger charge is 2.48. The quantitative estimate of drug-likeness (QED) is 0.867. The number of aliphatic hydroxyl groups excluding tert-OH is 1. The highest BCUT2D eigenvalue weighted by atomic mass is 32.1. The summed E-state index contributed by atoms with van der Waals surface area (Å²) < 4.78 is 5.24. The Balaban J connectivity index is 2.00. The van der Waals surface area contributed by atoms with Crippen LogP contribution in [0.15, 0.2) is 11.4 Å². The van der Waals surface area contributed by atoms with Crippen LogP contribution >= 0.6 is 11.3 Å². The van der Waals surface area contributed by atoms with Gasteiger partial charge in [-0.3, -0.25) is 0 Å². The minimum Gasteiger partial charge on any atom is -0.444 e. The molecule has 2 N–H and O–H groups in total. The molecular weight excluding hydrogens is 266 g/mol. The van der Waals surface area contributed by atoms with E-state index in [4.69, 9.17) is 4.74 Å². The molecule has 19 heavy (non-hydrogen) atoms. The van der Waals surface area contributed by atoms with Crippen molar-refractivity contribution < 1.29 is 19.7 Å². The Bertz CT molecular complexity index is 471. The fourth-order valence-electron chi connectivity index (χ4n) is 2.05. The Morgan fingerprint density at radius 3 is 2.68 bits per heavy atom. The Morgan fingerprint density at radius 2 is 2.16 bits per heavy atom. The highest BCUT2D eigenvalue weighted by molar-refractivity contribution is 7.10. The van der Waals surface area contributed by atoms with Crippen molar-refractivity contribution in [2.45, 2.75) is 38.6 Å². The zero-order valence-electron chi connectivity index (χ0n) is 11.3. The first kappa shape index (κ1) is 14.3. The molecule has 0 atom stereocenters. The largest absolute Gasteiger partial charge is 0.444 e. The molecule has 1 aliphatic rings. The van der Waals surface area contributed by atoms with Crippen molar-refractivity contribution in [2.24, 2.45) is 0 Å². The zero-order chi connectivity index (χ0) is 14.3. The predicted octanol–water partition coefficient (Wildman–Crippen LogP) is 1.68. The van der Waals surface area contributed by atoms with E-state index in [0.717, 1.165) is 10.4 Å². The molecule has 0 unspecified atom stereocenters. The number of thiophene rings is 1. The monoisotopic (exact) mass is 285 g/mol. The average Bonchev–Trinajstić information content (AvgIpc) is 2.70.